The minimum Gasteiger partial charge on any atom is -0.354 e. The number of halogens is 1. The van der Waals surface area contributed by atoms with Gasteiger partial charge in [0, 0.05) is 24.4 Å². The van der Waals surface area contributed by atoms with Crippen molar-refractivity contribution in [2.24, 2.45) is 5.41 Å². The van der Waals surface area contributed by atoms with Crippen LogP contribution in [0.4, 0.5) is 4.39 Å². The molecule has 33 heavy (non-hydrogen) atoms. The number of ketones is 1. The highest BCUT2D eigenvalue weighted by atomic mass is 19.1. The Bertz CT molecular complexity index is 1350. The highest BCUT2D eigenvalue weighted by molar-refractivity contribution is 6.06. The van der Waals surface area contributed by atoms with Crippen LogP contribution >= 0.6 is 0 Å². The van der Waals surface area contributed by atoms with Crippen molar-refractivity contribution in [3.8, 4) is 16.8 Å². The number of hydrogen-bond acceptors (Lipinski definition) is 3. The molecule has 0 spiro atoms. The first kappa shape index (κ1) is 22.4. The van der Waals surface area contributed by atoms with E-state index in [1.54, 1.807) is 19.2 Å². The minimum absolute atomic E-state index is 0.0939. The molecule has 0 atom stereocenters. The molecule has 1 N–H and O–H groups in total. The Balaban J connectivity index is 1.81. The number of hydrogen-bond donors (Lipinski definition) is 1. The molecular formula is C27H26FN3O2. The molecule has 1 aromatic heterocycles. The van der Waals surface area contributed by atoms with Crippen LogP contribution in [0.1, 0.15) is 48.0 Å². The van der Waals surface area contributed by atoms with Crippen LogP contribution in [0.15, 0.2) is 66.7 Å². The topological polar surface area (TPSA) is 64.0 Å². The van der Waals surface area contributed by atoms with E-state index in [1.165, 1.54) is 16.8 Å². The van der Waals surface area contributed by atoms with Gasteiger partial charge in [0.2, 0.25) is 0 Å². The van der Waals surface area contributed by atoms with Crippen molar-refractivity contribution in [2.45, 2.75) is 27.2 Å². The van der Waals surface area contributed by atoms with Crippen molar-refractivity contribution < 1.29 is 14.0 Å². The number of benzene rings is 3. The van der Waals surface area contributed by atoms with Crippen molar-refractivity contribution in [3.05, 3.63) is 83.8 Å². The summed E-state index contributed by atoms with van der Waals surface area (Å²) in [5.41, 5.74) is 3.91. The number of amides is 1. The Morgan fingerprint density at radius 3 is 2.33 bits per heavy atom. The van der Waals surface area contributed by atoms with Crippen LogP contribution in [0, 0.1) is 11.2 Å². The zero-order valence-corrected chi connectivity index (χ0v) is 19.1. The van der Waals surface area contributed by atoms with E-state index in [0.717, 1.165) is 11.1 Å². The van der Waals surface area contributed by atoms with Gasteiger partial charge >= 0.3 is 0 Å². The number of fused-ring (bicyclic) bond motifs is 1. The molecule has 0 fully saturated rings. The average Bonchev–Trinajstić information content (AvgIpc) is 3.16. The molecule has 4 rings (SSSR count). The summed E-state index contributed by atoms with van der Waals surface area (Å²) < 4.78 is 14.9. The molecule has 0 unspecified atom stereocenters. The Morgan fingerprint density at radius 1 is 0.970 bits per heavy atom. The minimum atomic E-state index is -0.361. The smallest absolute Gasteiger partial charge is 0.270 e. The molecular weight excluding hydrogens is 417 g/mol. The third kappa shape index (κ3) is 4.70. The van der Waals surface area contributed by atoms with Gasteiger partial charge in [0.15, 0.2) is 5.78 Å². The summed E-state index contributed by atoms with van der Waals surface area (Å²) in [5.74, 6) is -0.561. The maximum atomic E-state index is 13.4. The Hall–Kier alpha value is -3.80. The molecule has 168 valence electrons. The number of nitrogens with zero attached hydrogens (tertiary/aromatic N) is 2. The first-order valence-electron chi connectivity index (χ1n) is 10.8. The molecule has 0 aliphatic heterocycles. The maximum Gasteiger partial charge on any atom is 0.270 e. The van der Waals surface area contributed by atoms with Gasteiger partial charge in [-0.05, 0) is 59.0 Å². The SMILES string of the molecule is CNC(=O)c1c2cc(-c3cccc(C(=O)CC(C)(C)C)c3)ccc2nn1-c1ccc(F)cc1. The van der Waals surface area contributed by atoms with Gasteiger partial charge in [-0.2, -0.15) is 5.10 Å². The predicted molar refractivity (Wildman–Crippen MR) is 128 cm³/mol. The van der Waals surface area contributed by atoms with E-state index in [9.17, 15) is 14.0 Å². The molecule has 0 saturated carbocycles. The normalized spacial score (nSPS) is 11.5. The lowest BCUT2D eigenvalue weighted by Gasteiger charge is -2.17. The van der Waals surface area contributed by atoms with E-state index in [2.05, 4.69) is 10.4 Å². The lowest BCUT2D eigenvalue weighted by atomic mass is 9.87. The fraction of sp³-hybridized carbons (Fsp3) is 0.222. The monoisotopic (exact) mass is 443 g/mol. The molecule has 0 bridgehead atoms. The average molecular weight is 444 g/mol. The van der Waals surface area contributed by atoms with Crippen molar-refractivity contribution >= 4 is 22.6 Å². The Labute approximate surface area is 192 Å². The first-order valence-corrected chi connectivity index (χ1v) is 10.8. The van der Waals surface area contributed by atoms with E-state index in [0.29, 0.717) is 34.3 Å². The van der Waals surface area contributed by atoms with Crippen LogP contribution in [0.2, 0.25) is 0 Å². The van der Waals surface area contributed by atoms with Gasteiger partial charge in [-0.3, -0.25) is 9.59 Å². The summed E-state index contributed by atoms with van der Waals surface area (Å²) in [4.78, 5) is 25.5. The molecule has 5 nitrogen and oxygen atoms in total. The standard InChI is InChI=1S/C27H26FN3O2/c1-27(2,3)16-24(32)19-7-5-6-17(14-19)18-8-13-23-22(15-18)25(26(33)29-4)31(30-23)21-11-9-20(28)10-12-21/h5-15H,16H2,1-4H3,(H,29,33). The number of Topliss-reactive ketones (excluding diaryl/α,β-unsaturated/α-hetero) is 1. The molecule has 1 amide bonds. The summed E-state index contributed by atoms with van der Waals surface area (Å²) in [6, 6.07) is 19.0. The van der Waals surface area contributed by atoms with Gasteiger partial charge in [0.25, 0.3) is 5.91 Å². The Kier molecular flexibility index (Phi) is 5.85. The highest BCUT2D eigenvalue weighted by Crippen LogP contribution is 2.30. The second-order valence-corrected chi connectivity index (χ2v) is 9.29. The second kappa shape index (κ2) is 8.62. The second-order valence-electron chi connectivity index (χ2n) is 9.29. The number of aromatic nitrogens is 2. The van der Waals surface area contributed by atoms with Crippen molar-refractivity contribution in [1.82, 2.24) is 15.1 Å². The Morgan fingerprint density at radius 2 is 1.67 bits per heavy atom. The quantitative estimate of drug-likeness (QED) is 0.396. The summed E-state index contributed by atoms with van der Waals surface area (Å²) in [5, 5.41) is 7.92. The largest absolute Gasteiger partial charge is 0.354 e. The molecule has 3 aromatic carbocycles. The number of carbonyl (C=O) groups is 2. The molecule has 0 aliphatic rings. The van der Waals surface area contributed by atoms with Crippen LogP contribution in [0.3, 0.4) is 0 Å². The zero-order valence-electron chi connectivity index (χ0n) is 19.1. The lowest BCUT2D eigenvalue weighted by molar-refractivity contribution is 0.0936. The van der Waals surface area contributed by atoms with E-state index >= 15 is 0 Å². The highest BCUT2D eigenvalue weighted by Gasteiger charge is 2.20. The van der Waals surface area contributed by atoms with Crippen molar-refractivity contribution in [1.29, 1.82) is 0 Å². The van der Waals surface area contributed by atoms with Gasteiger partial charge in [0.1, 0.15) is 11.5 Å². The summed E-state index contributed by atoms with van der Waals surface area (Å²) in [7, 11) is 1.56. The fourth-order valence-electron chi connectivity index (χ4n) is 3.83. The molecule has 1 heterocycles. The van der Waals surface area contributed by atoms with Crippen LogP contribution in [0.5, 0.6) is 0 Å². The van der Waals surface area contributed by atoms with Crippen LogP contribution in [-0.4, -0.2) is 28.5 Å². The molecule has 6 heteroatoms. The van der Waals surface area contributed by atoms with E-state index in [1.807, 2.05) is 63.2 Å². The van der Waals surface area contributed by atoms with Gasteiger partial charge in [-0.25, -0.2) is 9.07 Å². The number of rotatable bonds is 5. The van der Waals surface area contributed by atoms with Crippen molar-refractivity contribution in [2.75, 3.05) is 7.05 Å². The zero-order chi connectivity index (χ0) is 23.8. The van der Waals surface area contributed by atoms with Gasteiger partial charge < -0.3 is 5.32 Å². The molecule has 0 aliphatic carbocycles. The van der Waals surface area contributed by atoms with Crippen LogP contribution in [0.25, 0.3) is 27.7 Å². The summed E-state index contributed by atoms with van der Waals surface area (Å²) >= 11 is 0. The van der Waals surface area contributed by atoms with Gasteiger partial charge in [-0.1, -0.05) is 45.0 Å². The van der Waals surface area contributed by atoms with E-state index < -0.39 is 0 Å². The third-order valence-corrected chi connectivity index (χ3v) is 5.39. The van der Waals surface area contributed by atoms with E-state index in [-0.39, 0.29) is 22.9 Å². The van der Waals surface area contributed by atoms with Crippen LogP contribution in [-0.2, 0) is 0 Å². The number of carbonyl (C=O) groups excluding carboxylic acids is 2. The van der Waals surface area contributed by atoms with Crippen molar-refractivity contribution in [3.63, 3.8) is 0 Å². The van der Waals surface area contributed by atoms with Gasteiger partial charge in [-0.15, -0.1) is 0 Å². The first-order chi connectivity index (χ1) is 15.7. The molecule has 0 saturated heterocycles. The van der Waals surface area contributed by atoms with Gasteiger partial charge in [0.05, 0.1) is 11.2 Å². The lowest BCUT2D eigenvalue weighted by Crippen LogP contribution is -2.21. The summed E-state index contributed by atoms with van der Waals surface area (Å²) in [6.07, 6.45) is 0.459. The molecule has 0 radical (unpaired) electrons. The molecule has 4 aromatic rings. The fourth-order valence-corrected chi connectivity index (χ4v) is 3.83. The number of nitrogens with one attached hydrogen (secondary N) is 1. The van der Waals surface area contributed by atoms with Crippen LogP contribution < -0.4 is 5.32 Å². The summed E-state index contributed by atoms with van der Waals surface area (Å²) in [6.45, 7) is 6.13. The maximum absolute atomic E-state index is 13.4. The van der Waals surface area contributed by atoms with E-state index in [4.69, 9.17) is 0 Å². The third-order valence-electron chi connectivity index (χ3n) is 5.39. The predicted octanol–water partition coefficient (Wildman–Crippen LogP) is 5.81.